The fourth-order valence-electron chi connectivity index (χ4n) is 7.00. The number of hydrogen-bond acceptors (Lipinski definition) is 4. The van der Waals surface area contributed by atoms with Crippen LogP contribution in [0.15, 0.2) is 117 Å². The molecule has 8 heteroatoms. The second-order valence-electron chi connectivity index (χ2n) is 11.3. The van der Waals surface area contributed by atoms with Gasteiger partial charge in [0.05, 0.1) is 42.4 Å². The summed E-state index contributed by atoms with van der Waals surface area (Å²) in [5.41, 5.74) is 10.1. The van der Waals surface area contributed by atoms with Gasteiger partial charge in [-0.05, 0) is 67.4 Å². The lowest BCUT2D eigenvalue weighted by Gasteiger charge is -2.15. The van der Waals surface area contributed by atoms with E-state index in [-0.39, 0.29) is 0 Å². The molecule has 4 aromatic heterocycles. The molecule has 0 radical (unpaired) electrons. The van der Waals surface area contributed by atoms with Crippen LogP contribution in [0.5, 0.6) is 0 Å². The second-order valence-corrected chi connectivity index (χ2v) is 15.6. The Labute approximate surface area is 271 Å². The molecule has 4 nitrogen and oxygen atoms in total. The number of hydrogen-bond donors (Lipinski definition) is 0. The smallest absolute Gasteiger partial charge is 0.0815 e. The van der Waals surface area contributed by atoms with E-state index < -0.39 is 0 Å². The highest BCUT2D eigenvalue weighted by atomic mass is 33.1. The zero-order chi connectivity index (χ0) is 29.7. The molecule has 8 aromatic rings. The van der Waals surface area contributed by atoms with Crippen LogP contribution < -0.4 is 0 Å². The van der Waals surface area contributed by atoms with Crippen molar-refractivity contribution in [1.82, 2.24) is 18.3 Å². The van der Waals surface area contributed by atoms with Gasteiger partial charge in [0.25, 0.3) is 0 Å². The van der Waals surface area contributed by atoms with E-state index in [1.807, 2.05) is 43.2 Å². The highest BCUT2D eigenvalue weighted by molar-refractivity contribution is 8.77. The Hall–Kier alpha value is -3.56. The molecule has 0 atom stereocenters. The van der Waals surface area contributed by atoms with Crippen LogP contribution in [-0.4, -0.2) is 18.3 Å². The Morgan fingerprint density at radius 1 is 0.318 bits per heavy atom. The van der Waals surface area contributed by atoms with Gasteiger partial charge in [-0.25, -0.2) is 0 Å². The molecule has 0 aliphatic carbocycles. The summed E-state index contributed by atoms with van der Waals surface area (Å²) in [6.07, 6.45) is 0. The number of para-hydroxylation sites is 4. The minimum Gasteiger partial charge on any atom is -0.341 e. The first-order valence-electron chi connectivity index (χ1n) is 14.5. The Balaban J connectivity index is 1.43. The van der Waals surface area contributed by atoms with Crippen molar-refractivity contribution in [3.63, 3.8) is 0 Å². The summed E-state index contributed by atoms with van der Waals surface area (Å²) in [6.45, 7) is 0. The maximum atomic E-state index is 2.40. The molecule has 1 aliphatic heterocycles. The van der Waals surface area contributed by atoms with Crippen LogP contribution in [0.3, 0.4) is 0 Å². The summed E-state index contributed by atoms with van der Waals surface area (Å²) in [5.74, 6) is 0. The van der Waals surface area contributed by atoms with Gasteiger partial charge in [0.1, 0.15) is 0 Å². The van der Waals surface area contributed by atoms with Crippen molar-refractivity contribution >= 4 is 86.8 Å². The molecule has 9 rings (SSSR count). The molecule has 0 amide bonds. The summed E-state index contributed by atoms with van der Waals surface area (Å²) in [7, 11) is 16.5. The molecular formula is C36H28N4S4. The fraction of sp³-hybridized carbons (Fsp3) is 0.111. The van der Waals surface area contributed by atoms with Gasteiger partial charge in [0.2, 0.25) is 0 Å². The van der Waals surface area contributed by atoms with E-state index in [0.29, 0.717) is 0 Å². The molecule has 44 heavy (non-hydrogen) atoms. The summed E-state index contributed by atoms with van der Waals surface area (Å²) in [6, 6.07) is 35.4. The Morgan fingerprint density at radius 3 is 0.750 bits per heavy atom. The minimum absolute atomic E-state index is 1.25. The monoisotopic (exact) mass is 644 g/mol. The fourth-order valence-corrected chi connectivity index (χ4v) is 12.7. The van der Waals surface area contributed by atoms with Crippen molar-refractivity contribution in [3.8, 4) is 22.8 Å². The van der Waals surface area contributed by atoms with Crippen molar-refractivity contribution in [1.29, 1.82) is 0 Å². The van der Waals surface area contributed by atoms with Gasteiger partial charge in [-0.1, -0.05) is 72.8 Å². The van der Waals surface area contributed by atoms with Crippen LogP contribution in [0.4, 0.5) is 0 Å². The lowest BCUT2D eigenvalue weighted by Crippen LogP contribution is -2.00. The maximum Gasteiger partial charge on any atom is 0.0815 e. The Bertz CT molecular complexity index is 2110. The van der Waals surface area contributed by atoms with Crippen molar-refractivity contribution in [2.45, 2.75) is 19.6 Å². The zero-order valence-electron chi connectivity index (χ0n) is 24.7. The summed E-state index contributed by atoms with van der Waals surface area (Å²) >= 11 is 0. The minimum atomic E-state index is 1.25. The molecule has 1 aliphatic rings. The first-order chi connectivity index (χ1) is 21.5. The number of fused-ring (bicyclic) bond motifs is 14. The van der Waals surface area contributed by atoms with Crippen molar-refractivity contribution in [3.05, 3.63) is 97.1 Å². The van der Waals surface area contributed by atoms with Gasteiger partial charge < -0.3 is 18.3 Å². The highest BCUT2D eigenvalue weighted by Crippen LogP contribution is 2.58. The number of benzene rings is 4. The Morgan fingerprint density at radius 2 is 0.523 bits per heavy atom. The third-order valence-corrected chi connectivity index (χ3v) is 14.1. The van der Waals surface area contributed by atoms with Crippen LogP contribution in [0.2, 0.25) is 0 Å². The summed E-state index contributed by atoms with van der Waals surface area (Å²) in [5, 5.41) is 5.17. The van der Waals surface area contributed by atoms with Gasteiger partial charge in [-0.3, -0.25) is 0 Å². The van der Waals surface area contributed by atoms with Gasteiger partial charge in [-0.15, -0.1) is 0 Å². The largest absolute Gasteiger partial charge is 0.341 e. The number of aryl methyl sites for hydroxylation is 4. The second kappa shape index (κ2) is 9.97. The molecule has 4 aromatic carbocycles. The van der Waals surface area contributed by atoms with E-state index >= 15 is 0 Å². The lowest BCUT2D eigenvalue weighted by molar-refractivity contribution is 0.905. The molecule has 0 N–H and O–H groups in total. The summed E-state index contributed by atoms with van der Waals surface area (Å²) in [4.78, 5) is 5.23. The van der Waals surface area contributed by atoms with E-state index in [0.717, 1.165) is 0 Å². The van der Waals surface area contributed by atoms with Gasteiger partial charge in [-0.2, -0.15) is 0 Å². The average Bonchev–Trinajstić information content (AvgIpc) is 3.69. The van der Waals surface area contributed by atoms with E-state index in [4.69, 9.17) is 0 Å². The molecule has 0 fully saturated rings. The van der Waals surface area contributed by atoms with E-state index in [1.54, 1.807) is 0 Å². The molecule has 0 unspecified atom stereocenters. The van der Waals surface area contributed by atoms with Crippen molar-refractivity contribution < 1.29 is 0 Å². The van der Waals surface area contributed by atoms with Crippen LogP contribution >= 0.6 is 43.2 Å². The third-order valence-electron chi connectivity index (χ3n) is 9.11. The van der Waals surface area contributed by atoms with E-state index in [2.05, 4.69) is 144 Å². The van der Waals surface area contributed by atoms with Crippen LogP contribution in [0, 0.1) is 0 Å². The third kappa shape index (κ3) is 3.59. The molecule has 0 spiro atoms. The van der Waals surface area contributed by atoms with Crippen molar-refractivity contribution in [2.75, 3.05) is 0 Å². The number of aromatic nitrogens is 4. The van der Waals surface area contributed by atoms with Crippen molar-refractivity contribution in [2.24, 2.45) is 28.2 Å². The highest BCUT2D eigenvalue weighted by Gasteiger charge is 2.30. The first kappa shape index (κ1) is 26.8. The maximum absolute atomic E-state index is 2.40. The predicted molar refractivity (Wildman–Crippen MR) is 193 cm³/mol. The van der Waals surface area contributed by atoms with Gasteiger partial charge in [0, 0.05) is 71.8 Å². The normalized spacial score (nSPS) is 13.5. The predicted octanol–water partition coefficient (Wildman–Crippen LogP) is 10.9. The quantitative estimate of drug-likeness (QED) is 0.153. The standard InChI is InChI=1S/C36H28N4S4/c1-37-25-17-9-5-13-21(25)33-29(37)30-34(22-14-6-10-18-26(22)38(30)2)42-44-36-24-16-8-12-20-28(24)40(4)32(36)31-35(43-41-33)23-15-7-11-19-27(23)39(31)3/h5-20H,1-4H3. The topological polar surface area (TPSA) is 19.7 Å². The first-order valence-corrected chi connectivity index (χ1v) is 18.8. The molecule has 216 valence electrons. The number of rotatable bonds is 0. The number of nitrogens with zero attached hydrogens (tertiary/aromatic N) is 4. The molecule has 5 heterocycles. The van der Waals surface area contributed by atoms with Gasteiger partial charge in [0.15, 0.2) is 0 Å². The molecule has 0 saturated heterocycles. The Kier molecular flexibility index (Phi) is 6.08. The zero-order valence-corrected chi connectivity index (χ0v) is 27.9. The van der Waals surface area contributed by atoms with E-state index in [1.165, 1.54) is 86.0 Å². The van der Waals surface area contributed by atoms with Crippen LogP contribution in [0.1, 0.15) is 0 Å². The molecule has 0 saturated carbocycles. The van der Waals surface area contributed by atoms with E-state index in [9.17, 15) is 0 Å². The molecular weight excluding hydrogens is 617 g/mol. The average molecular weight is 645 g/mol. The SMILES string of the molecule is Cn1c2c(c3ccccc31)SSc1c(n(C)c3ccccc13)-c1c(c3ccccc3n1C)SSc1c-2n(C)c2ccccc12. The van der Waals surface area contributed by atoms with Crippen LogP contribution in [-0.2, 0) is 28.2 Å². The summed E-state index contributed by atoms with van der Waals surface area (Å²) < 4.78 is 9.61. The van der Waals surface area contributed by atoms with Crippen LogP contribution in [0.25, 0.3) is 66.4 Å². The van der Waals surface area contributed by atoms with Gasteiger partial charge >= 0.3 is 0 Å². The molecule has 0 bridgehead atoms. The lowest BCUT2D eigenvalue weighted by atomic mass is 10.2.